The van der Waals surface area contributed by atoms with Crippen LogP contribution in [0.5, 0.6) is 0 Å². The Hall–Kier alpha value is -1.11. The lowest BCUT2D eigenvalue weighted by molar-refractivity contribution is 0.143. The molecule has 3 N–H and O–H groups in total. The number of nitrogens with one attached hydrogen (secondary N) is 1. The van der Waals surface area contributed by atoms with Crippen molar-refractivity contribution in [2.24, 2.45) is 5.41 Å². The van der Waals surface area contributed by atoms with Crippen molar-refractivity contribution >= 4 is 15.7 Å². The first-order valence-electron chi connectivity index (χ1n) is 7.28. The van der Waals surface area contributed by atoms with Crippen LogP contribution in [0.15, 0.2) is 24.3 Å². The van der Waals surface area contributed by atoms with Gasteiger partial charge in [-0.15, -0.1) is 0 Å². The molecular formula is C15H25N3O2S. The average Bonchev–Trinajstić information content (AvgIpc) is 2.43. The smallest absolute Gasteiger partial charge is 0.215 e. The number of likely N-dealkylation sites (tertiary alicyclic amines) is 1. The van der Waals surface area contributed by atoms with Gasteiger partial charge in [0.15, 0.2) is 0 Å². The maximum absolute atomic E-state index is 12.2. The number of nitrogens with two attached hydrogens (primary N) is 1. The van der Waals surface area contributed by atoms with Gasteiger partial charge in [0.1, 0.15) is 0 Å². The van der Waals surface area contributed by atoms with Gasteiger partial charge in [-0.3, -0.25) is 0 Å². The molecule has 0 radical (unpaired) electrons. The third-order valence-electron chi connectivity index (χ3n) is 4.25. The molecule has 1 fully saturated rings. The van der Waals surface area contributed by atoms with Crippen molar-refractivity contribution < 1.29 is 8.42 Å². The molecule has 0 atom stereocenters. The lowest BCUT2D eigenvalue weighted by Gasteiger charge is -2.37. The summed E-state index contributed by atoms with van der Waals surface area (Å²) in [6, 6.07) is 6.96. The first-order chi connectivity index (χ1) is 9.78. The van der Waals surface area contributed by atoms with Crippen LogP contribution in [-0.2, 0) is 15.8 Å². The molecular weight excluding hydrogens is 286 g/mol. The zero-order chi connectivity index (χ0) is 15.5. The van der Waals surface area contributed by atoms with Crippen molar-refractivity contribution in [2.45, 2.75) is 25.5 Å². The Balaban J connectivity index is 1.90. The highest BCUT2D eigenvalue weighted by atomic mass is 32.2. The fraction of sp³-hybridized carbons (Fsp3) is 0.600. The molecule has 0 amide bonds. The molecule has 0 saturated carbocycles. The third kappa shape index (κ3) is 4.98. The van der Waals surface area contributed by atoms with E-state index >= 15 is 0 Å². The second kappa shape index (κ2) is 6.34. The van der Waals surface area contributed by atoms with Crippen LogP contribution in [-0.4, -0.2) is 40.0 Å². The minimum atomic E-state index is -3.30. The van der Waals surface area contributed by atoms with Crippen LogP contribution in [0.4, 0.5) is 5.69 Å². The Morgan fingerprint density at radius 3 is 2.38 bits per heavy atom. The standard InChI is InChI=1S/C15H25N3O2S/c1-15(7-9-18(2)10-8-15)12-17-21(19,20)11-13-3-5-14(16)6-4-13/h3-6,17H,7-12,16H2,1-2H3. The number of nitrogen functional groups attached to an aromatic ring is 1. The molecule has 2 rings (SSSR count). The van der Waals surface area contributed by atoms with Gasteiger partial charge in [-0.2, -0.15) is 0 Å². The van der Waals surface area contributed by atoms with Crippen LogP contribution in [0.1, 0.15) is 25.3 Å². The zero-order valence-electron chi connectivity index (χ0n) is 12.8. The summed E-state index contributed by atoms with van der Waals surface area (Å²) in [5, 5.41) is 0. The van der Waals surface area contributed by atoms with E-state index in [4.69, 9.17) is 5.73 Å². The molecule has 0 aliphatic carbocycles. The molecule has 1 saturated heterocycles. The Labute approximate surface area is 127 Å². The molecule has 5 nitrogen and oxygen atoms in total. The second-order valence-electron chi connectivity index (χ2n) is 6.44. The average molecular weight is 311 g/mol. The highest BCUT2D eigenvalue weighted by Gasteiger charge is 2.30. The molecule has 0 spiro atoms. The quantitative estimate of drug-likeness (QED) is 0.807. The van der Waals surface area contributed by atoms with Crippen molar-refractivity contribution in [2.75, 3.05) is 32.4 Å². The third-order valence-corrected chi connectivity index (χ3v) is 5.55. The predicted octanol–water partition coefficient (Wildman–Crippen LogP) is 1.42. The van der Waals surface area contributed by atoms with E-state index in [1.165, 1.54) is 0 Å². The fourth-order valence-electron chi connectivity index (χ4n) is 2.50. The van der Waals surface area contributed by atoms with Crippen LogP contribution in [0.3, 0.4) is 0 Å². The zero-order valence-corrected chi connectivity index (χ0v) is 13.6. The molecule has 0 unspecified atom stereocenters. The number of hydrogen-bond acceptors (Lipinski definition) is 4. The molecule has 1 aliphatic heterocycles. The summed E-state index contributed by atoms with van der Waals surface area (Å²) >= 11 is 0. The summed E-state index contributed by atoms with van der Waals surface area (Å²) in [4.78, 5) is 2.28. The van der Waals surface area contributed by atoms with E-state index < -0.39 is 10.0 Å². The van der Waals surface area contributed by atoms with Crippen molar-refractivity contribution in [1.29, 1.82) is 0 Å². The van der Waals surface area contributed by atoms with Gasteiger partial charge < -0.3 is 10.6 Å². The van der Waals surface area contributed by atoms with Crippen molar-refractivity contribution in [3.63, 3.8) is 0 Å². The normalized spacial score (nSPS) is 19.5. The van der Waals surface area contributed by atoms with Crippen LogP contribution >= 0.6 is 0 Å². The fourth-order valence-corrected chi connectivity index (χ4v) is 3.81. The molecule has 0 bridgehead atoms. The van der Waals surface area contributed by atoms with Gasteiger partial charge in [0.2, 0.25) is 10.0 Å². The number of rotatable bonds is 5. The van der Waals surface area contributed by atoms with Gasteiger partial charge in [-0.1, -0.05) is 19.1 Å². The van der Waals surface area contributed by atoms with E-state index in [0.29, 0.717) is 12.2 Å². The topological polar surface area (TPSA) is 75.4 Å². The highest BCUT2D eigenvalue weighted by molar-refractivity contribution is 7.88. The van der Waals surface area contributed by atoms with E-state index in [-0.39, 0.29) is 11.2 Å². The van der Waals surface area contributed by atoms with Gasteiger partial charge in [0, 0.05) is 12.2 Å². The molecule has 1 aliphatic rings. The maximum Gasteiger partial charge on any atom is 0.215 e. The number of piperidine rings is 1. The highest BCUT2D eigenvalue weighted by Crippen LogP contribution is 2.29. The molecule has 0 aromatic heterocycles. The predicted molar refractivity (Wildman–Crippen MR) is 86.3 cm³/mol. The minimum Gasteiger partial charge on any atom is -0.399 e. The first kappa shape index (κ1) is 16.3. The first-order valence-corrected chi connectivity index (χ1v) is 8.94. The SMILES string of the molecule is CN1CCC(C)(CNS(=O)(=O)Cc2ccc(N)cc2)CC1. The van der Waals surface area contributed by atoms with Crippen LogP contribution < -0.4 is 10.5 Å². The summed E-state index contributed by atoms with van der Waals surface area (Å²) in [6.07, 6.45) is 2.04. The Bertz CT molecular complexity index is 561. The van der Waals surface area contributed by atoms with Gasteiger partial charge in [0.05, 0.1) is 5.75 Å². The van der Waals surface area contributed by atoms with Crippen molar-refractivity contribution in [3.05, 3.63) is 29.8 Å². The number of hydrogen-bond donors (Lipinski definition) is 2. The summed E-state index contributed by atoms with van der Waals surface area (Å²) in [6.45, 7) is 4.72. The second-order valence-corrected chi connectivity index (χ2v) is 8.24. The summed E-state index contributed by atoms with van der Waals surface area (Å²) in [5.74, 6) is 0.00324. The van der Waals surface area contributed by atoms with Crippen LogP contribution in [0.2, 0.25) is 0 Å². The Morgan fingerprint density at radius 1 is 1.24 bits per heavy atom. The van der Waals surface area contributed by atoms with Gasteiger partial charge in [-0.25, -0.2) is 13.1 Å². The molecule has 1 aromatic carbocycles. The van der Waals surface area contributed by atoms with Gasteiger partial charge >= 0.3 is 0 Å². The summed E-state index contributed by atoms with van der Waals surface area (Å²) < 4.78 is 27.1. The number of anilines is 1. The van der Waals surface area contributed by atoms with Gasteiger partial charge in [0.25, 0.3) is 0 Å². The molecule has 1 heterocycles. The summed E-state index contributed by atoms with van der Waals surface area (Å²) in [5.41, 5.74) is 7.06. The molecule has 1 aromatic rings. The monoisotopic (exact) mass is 311 g/mol. The Kier molecular flexibility index (Phi) is 4.91. The van der Waals surface area contributed by atoms with E-state index in [1.54, 1.807) is 24.3 Å². The lowest BCUT2D eigenvalue weighted by Crippen LogP contribution is -2.43. The molecule has 21 heavy (non-hydrogen) atoms. The minimum absolute atomic E-state index is 0.00324. The number of benzene rings is 1. The summed E-state index contributed by atoms with van der Waals surface area (Å²) in [7, 11) is -1.20. The van der Waals surface area contributed by atoms with E-state index in [2.05, 4.69) is 23.6 Å². The Morgan fingerprint density at radius 2 is 1.81 bits per heavy atom. The molecule has 118 valence electrons. The molecule has 6 heteroatoms. The van der Waals surface area contributed by atoms with E-state index in [9.17, 15) is 8.42 Å². The number of nitrogens with zero attached hydrogens (tertiary/aromatic N) is 1. The van der Waals surface area contributed by atoms with Gasteiger partial charge in [-0.05, 0) is 56.1 Å². The van der Waals surface area contributed by atoms with Crippen molar-refractivity contribution in [1.82, 2.24) is 9.62 Å². The van der Waals surface area contributed by atoms with E-state index in [1.807, 2.05) is 0 Å². The largest absolute Gasteiger partial charge is 0.399 e. The lowest BCUT2D eigenvalue weighted by atomic mass is 9.81. The van der Waals surface area contributed by atoms with Crippen LogP contribution in [0.25, 0.3) is 0 Å². The maximum atomic E-state index is 12.2. The number of sulfonamides is 1. The van der Waals surface area contributed by atoms with E-state index in [0.717, 1.165) is 31.5 Å². The van der Waals surface area contributed by atoms with Crippen molar-refractivity contribution in [3.8, 4) is 0 Å². The van der Waals surface area contributed by atoms with Crippen LogP contribution in [0, 0.1) is 5.41 Å².